The second-order valence-electron chi connectivity index (χ2n) is 4.20. The van der Waals surface area contributed by atoms with Crippen LogP contribution < -0.4 is 0 Å². The second kappa shape index (κ2) is 6.18. The van der Waals surface area contributed by atoms with E-state index >= 15 is 0 Å². The lowest BCUT2D eigenvalue weighted by Gasteiger charge is -2.16. The summed E-state index contributed by atoms with van der Waals surface area (Å²) in [6.45, 7) is 3.58. The highest BCUT2D eigenvalue weighted by molar-refractivity contribution is 5.93. The first-order valence-corrected chi connectivity index (χ1v) is 5.90. The molecule has 0 heterocycles. The topological polar surface area (TPSA) is 54.4 Å². The fourth-order valence-electron chi connectivity index (χ4n) is 1.98. The Morgan fingerprint density at radius 2 is 1.94 bits per heavy atom. The van der Waals surface area contributed by atoms with Gasteiger partial charge in [-0.15, -0.1) is 0 Å². The predicted octanol–water partition coefficient (Wildman–Crippen LogP) is 3.25. The average Bonchev–Trinajstić information content (AvgIpc) is 2.29. The largest absolute Gasteiger partial charge is 0.478 e. The highest BCUT2D eigenvalue weighted by atomic mass is 16.4. The van der Waals surface area contributed by atoms with Crippen LogP contribution in [-0.2, 0) is 4.79 Å². The third kappa shape index (κ3) is 3.41. The SMILES string of the molecule is CCCCC(C(C)=O)c1ccccc1C(=O)O. The van der Waals surface area contributed by atoms with E-state index in [2.05, 4.69) is 6.92 Å². The van der Waals surface area contributed by atoms with Crippen LogP contribution in [0.4, 0.5) is 0 Å². The summed E-state index contributed by atoms with van der Waals surface area (Å²) in [4.78, 5) is 22.7. The van der Waals surface area contributed by atoms with Crippen molar-refractivity contribution in [1.82, 2.24) is 0 Å². The quantitative estimate of drug-likeness (QED) is 0.822. The van der Waals surface area contributed by atoms with Crippen molar-refractivity contribution in [3.05, 3.63) is 35.4 Å². The zero-order chi connectivity index (χ0) is 12.8. The van der Waals surface area contributed by atoms with Crippen LogP contribution in [-0.4, -0.2) is 16.9 Å². The van der Waals surface area contributed by atoms with Crippen molar-refractivity contribution in [3.63, 3.8) is 0 Å². The highest BCUT2D eigenvalue weighted by Gasteiger charge is 2.21. The van der Waals surface area contributed by atoms with E-state index in [1.165, 1.54) is 6.92 Å². The highest BCUT2D eigenvalue weighted by Crippen LogP contribution is 2.26. The van der Waals surface area contributed by atoms with E-state index in [-0.39, 0.29) is 17.3 Å². The summed E-state index contributed by atoms with van der Waals surface area (Å²) < 4.78 is 0. The Labute approximate surface area is 101 Å². The molecule has 0 spiro atoms. The average molecular weight is 234 g/mol. The molecule has 0 amide bonds. The normalized spacial score (nSPS) is 12.1. The van der Waals surface area contributed by atoms with E-state index < -0.39 is 5.97 Å². The Kier molecular flexibility index (Phi) is 4.88. The van der Waals surface area contributed by atoms with Crippen LogP contribution in [0, 0.1) is 0 Å². The zero-order valence-electron chi connectivity index (χ0n) is 10.3. The molecule has 1 atom stereocenters. The van der Waals surface area contributed by atoms with E-state index in [4.69, 9.17) is 5.11 Å². The van der Waals surface area contributed by atoms with Gasteiger partial charge in [-0.1, -0.05) is 38.0 Å². The van der Waals surface area contributed by atoms with Crippen molar-refractivity contribution in [2.45, 2.75) is 39.0 Å². The molecule has 0 saturated carbocycles. The van der Waals surface area contributed by atoms with Gasteiger partial charge in [0.25, 0.3) is 0 Å². The summed E-state index contributed by atoms with van der Waals surface area (Å²) in [6, 6.07) is 6.76. The van der Waals surface area contributed by atoms with Gasteiger partial charge in [-0.05, 0) is 25.0 Å². The molecular weight excluding hydrogens is 216 g/mol. The lowest BCUT2D eigenvalue weighted by Crippen LogP contribution is -2.13. The summed E-state index contributed by atoms with van der Waals surface area (Å²) in [6.07, 6.45) is 2.65. The summed E-state index contributed by atoms with van der Waals surface area (Å²) in [5.74, 6) is -1.22. The third-order valence-corrected chi connectivity index (χ3v) is 2.90. The maximum Gasteiger partial charge on any atom is 0.335 e. The van der Waals surface area contributed by atoms with Crippen molar-refractivity contribution in [1.29, 1.82) is 0 Å². The number of aromatic carboxylic acids is 1. The molecule has 1 rings (SSSR count). The molecule has 1 aromatic rings. The molecule has 1 aromatic carbocycles. The summed E-state index contributed by atoms with van der Waals surface area (Å²) in [5, 5.41) is 9.11. The van der Waals surface area contributed by atoms with Gasteiger partial charge in [0.2, 0.25) is 0 Å². The molecule has 92 valence electrons. The molecule has 3 nitrogen and oxygen atoms in total. The fraction of sp³-hybridized carbons (Fsp3) is 0.429. The van der Waals surface area contributed by atoms with Gasteiger partial charge in [0.15, 0.2) is 0 Å². The van der Waals surface area contributed by atoms with Gasteiger partial charge in [-0.25, -0.2) is 4.79 Å². The molecule has 1 unspecified atom stereocenters. The first-order valence-electron chi connectivity index (χ1n) is 5.90. The number of rotatable bonds is 6. The molecule has 0 aromatic heterocycles. The maximum atomic E-state index is 11.6. The smallest absolute Gasteiger partial charge is 0.335 e. The van der Waals surface area contributed by atoms with Gasteiger partial charge in [0.05, 0.1) is 5.56 Å². The minimum absolute atomic E-state index is 0.0344. The molecule has 0 bridgehead atoms. The van der Waals surface area contributed by atoms with Crippen LogP contribution in [0.3, 0.4) is 0 Å². The zero-order valence-corrected chi connectivity index (χ0v) is 10.3. The summed E-state index contributed by atoms with van der Waals surface area (Å²) in [5.41, 5.74) is 0.879. The maximum absolute atomic E-state index is 11.6. The standard InChI is InChI=1S/C14H18O3/c1-3-4-7-11(10(2)15)12-8-5-6-9-13(12)14(16)17/h5-6,8-9,11H,3-4,7H2,1-2H3,(H,16,17). The van der Waals surface area contributed by atoms with Crippen LogP contribution in [0.15, 0.2) is 24.3 Å². The number of hydrogen-bond donors (Lipinski definition) is 1. The fourth-order valence-corrected chi connectivity index (χ4v) is 1.98. The van der Waals surface area contributed by atoms with Gasteiger partial charge in [-0.2, -0.15) is 0 Å². The number of carbonyl (C=O) groups is 2. The molecule has 0 aliphatic rings. The molecule has 0 aliphatic heterocycles. The van der Waals surface area contributed by atoms with Crippen LogP contribution in [0.5, 0.6) is 0 Å². The Bertz CT molecular complexity index is 410. The van der Waals surface area contributed by atoms with Gasteiger partial charge in [0.1, 0.15) is 5.78 Å². The lowest BCUT2D eigenvalue weighted by atomic mass is 9.87. The molecule has 0 aliphatic carbocycles. The van der Waals surface area contributed by atoms with Crippen molar-refractivity contribution in [2.75, 3.05) is 0 Å². The van der Waals surface area contributed by atoms with E-state index in [1.54, 1.807) is 24.3 Å². The Hall–Kier alpha value is -1.64. The van der Waals surface area contributed by atoms with Crippen molar-refractivity contribution >= 4 is 11.8 Å². The number of benzene rings is 1. The second-order valence-corrected chi connectivity index (χ2v) is 4.20. The molecule has 3 heteroatoms. The molecule has 17 heavy (non-hydrogen) atoms. The van der Waals surface area contributed by atoms with Crippen LogP contribution in [0.2, 0.25) is 0 Å². The van der Waals surface area contributed by atoms with Gasteiger partial charge in [0, 0.05) is 5.92 Å². The molecule has 0 saturated heterocycles. The molecule has 1 N–H and O–H groups in total. The van der Waals surface area contributed by atoms with Gasteiger partial charge < -0.3 is 5.11 Å². The van der Waals surface area contributed by atoms with Crippen molar-refractivity contribution < 1.29 is 14.7 Å². The number of ketones is 1. The lowest BCUT2D eigenvalue weighted by molar-refractivity contribution is -0.118. The van der Waals surface area contributed by atoms with E-state index in [0.717, 1.165) is 19.3 Å². The van der Waals surface area contributed by atoms with E-state index in [0.29, 0.717) is 5.56 Å². The summed E-state index contributed by atoms with van der Waals surface area (Å²) >= 11 is 0. The monoisotopic (exact) mass is 234 g/mol. The van der Waals surface area contributed by atoms with Crippen LogP contribution in [0.1, 0.15) is 54.9 Å². The third-order valence-electron chi connectivity index (χ3n) is 2.90. The van der Waals surface area contributed by atoms with Crippen LogP contribution >= 0.6 is 0 Å². The molecule has 0 fully saturated rings. The van der Waals surface area contributed by atoms with Crippen LogP contribution in [0.25, 0.3) is 0 Å². The number of unbranched alkanes of at least 4 members (excludes halogenated alkanes) is 1. The number of carboxylic acids is 1. The van der Waals surface area contributed by atoms with Gasteiger partial charge >= 0.3 is 5.97 Å². The Balaban J connectivity index is 3.09. The van der Waals surface area contributed by atoms with E-state index in [9.17, 15) is 9.59 Å². The minimum Gasteiger partial charge on any atom is -0.478 e. The molecular formula is C14H18O3. The Morgan fingerprint density at radius 1 is 1.29 bits per heavy atom. The number of carbonyl (C=O) groups excluding carboxylic acids is 1. The first-order chi connectivity index (χ1) is 8.07. The first kappa shape index (κ1) is 13.4. The summed E-state index contributed by atoms with van der Waals surface area (Å²) in [7, 11) is 0. The number of carboxylic acid groups (broad SMARTS) is 1. The molecule has 0 radical (unpaired) electrons. The predicted molar refractivity (Wildman–Crippen MR) is 66.3 cm³/mol. The number of Topliss-reactive ketones (excluding diaryl/α,β-unsaturated/α-hetero) is 1. The van der Waals surface area contributed by atoms with E-state index in [1.807, 2.05) is 0 Å². The number of hydrogen-bond acceptors (Lipinski definition) is 2. The Morgan fingerprint density at radius 3 is 2.47 bits per heavy atom. The minimum atomic E-state index is -0.969. The van der Waals surface area contributed by atoms with Crippen molar-refractivity contribution in [3.8, 4) is 0 Å². The van der Waals surface area contributed by atoms with Crippen molar-refractivity contribution in [2.24, 2.45) is 0 Å². The van der Waals surface area contributed by atoms with Gasteiger partial charge in [-0.3, -0.25) is 4.79 Å².